The SMILES string of the molecule is Cc1cc(-c2snnc2C2CCCN(CCC(C)c3ccc(C)o3)C2)on1. The van der Waals surface area contributed by atoms with Crippen LogP contribution in [0.2, 0.25) is 0 Å². The zero-order valence-electron chi connectivity index (χ0n) is 16.1. The maximum atomic E-state index is 5.78. The van der Waals surface area contributed by atoms with E-state index in [0.29, 0.717) is 11.8 Å². The van der Waals surface area contributed by atoms with Crippen molar-refractivity contribution in [2.45, 2.75) is 51.9 Å². The van der Waals surface area contributed by atoms with E-state index in [1.807, 2.05) is 26.0 Å². The molecule has 144 valence electrons. The minimum absolute atomic E-state index is 0.402. The largest absolute Gasteiger partial charge is 0.466 e. The minimum atomic E-state index is 0.402. The first kappa shape index (κ1) is 18.4. The highest BCUT2D eigenvalue weighted by molar-refractivity contribution is 7.09. The van der Waals surface area contributed by atoms with Crippen LogP contribution in [0.3, 0.4) is 0 Å². The summed E-state index contributed by atoms with van der Waals surface area (Å²) >= 11 is 1.40. The van der Waals surface area contributed by atoms with E-state index in [0.717, 1.165) is 66.0 Å². The van der Waals surface area contributed by atoms with Crippen LogP contribution in [0.1, 0.15) is 60.9 Å². The Hall–Kier alpha value is -1.99. The normalized spacial score (nSPS) is 19.4. The summed E-state index contributed by atoms with van der Waals surface area (Å²) in [4.78, 5) is 3.58. The molecule has 0 spiro atoms. The molecule has 3 aromatic heterocycles. The highest BCUT2D eigenvalue weighted by Crippen LogP contribution is 2.35. The Balaban J connectivity index is 1.39. The van der Waals surface area contributed by atoms with Gasteiger partial charge in [-0.05, 0) is 69.9 Å². The molecule has 4 heterocycles. The van der Waals surface area contributed by atoms with Gasteiger partial charge in [0.15, 0.2) is 5.76 Å². The van der Waals surface area contributed by atoms with Crippen molar-refractivity contribution in [3.05, 3.63) is 41.1 Å². The molecular formula is C20H26N4O2S. The van der Waals surface area contributed by atoms with Gasteiger partial charge in [-0.25, -0.2) is 0 Å². The molecule has 0 saturated carbocycles. The molecule has 0 radical (unpaired) electrons. The zero-order chi connectivity index (χ0) is 18.8. The van der Waals surface area contributed by atoms with Gasteiger partial charge in [-0.1, -0.05) is 16.6 Å². The second-order valence-electron chi connectivity index (χ2n) is 7.60. The molecule has 4 rings (SSSR count). The predicted octanol–water partition coefficient (Wildman–Crippen LogP) is 4.78. The van der Waals surface area contributed by atoms with Gasteiger partial charge in [-0.3, -0.25) is 0 Å². The maximum absolute atomic E-state index is 5.78. The molecule has 0 N–H and O–H groups in total. The molecule has 2 unspecified atom stereocenters. The summed E-state index contributed by atoms with van der Waals surface area (Å²) in [6.45, 7) is 9.43. The number of hydrogen-bond acceptors (Lipinski definition) is 7. The molecule has 27 heavy (non-hydrogen) atoms. The van der Waals surface area contributed by atoms with Crippen LogP contribution in [0.4, 0.5) is 0 Å². The Kier molecular flexibility index (Phi) is 5.41. The lowest BCUT2D eigenvalue weighted by Crippen LogP contribution is -2.35. The monoisotopic (exact) mass is 386 g/mol. The Morgan fingerprint density at radius 3 is 2.96 bits per heavy atom. The van der Waals surface area contributed by atoms with Crippen molar-refractivity contribution in [1.82, 2.24) is 19.6 Å². The summed E-state index contributed by atoms with van der Waals surface area (Å²) < 4.78 is 15.4. The van der Waals surface area contributed by atoms with Gasteiger partial charge in [0.25, 0.3) is 0 Å². The minimum Gasteiger partial charge on any atom is -0.466 e. The summed E-state index contributed by atoms with van der Waals surface area (Å²) in [5.74, 6) is 3.71. The van der Waals surface area contributed by atoms with Crippen LogP contribution in [-0.4, -0.2) is 39.3 Å². The van der Waals surface area contributed by atoms with E-state index in [-0.39, 0.29) is 0 Å². The van der Waals surface area contributed by atoms with E-state index in [2.05, 4.69) is 32.6 Å². The molecule has 7 heteroatoms. The summed E-state index contributed by atoms with van der Waals surface area (Å²) in [5, 5.41) is 8.45. The summed E-state index contributed by atoms with van der Waals surface area (Å²) in [5.41, 5.74) is 1.95. The first-order valence-electron chi connectivity index (χ1n) is 9.65. The summed E-state index contributed by atoms with van der Waals surface area (Å²) in [6, 6.07) is 6.11. The second-order valence-corrected chi connectivity index (χ2v) is 8.35. The zero-order valence-corrected chi connectivity index (χ0v) is 17.0. The Labute approximate surface area is 163 Å². The Bertz CT molecular complexity index is 884. The van der Waals surface area contributed by atoms with Gasteiger partial charge < -0.3 is 13.8 Å². The number of likely N-dealkylation sites (tertiary alicyclic amines) is 1. The average molecular weight is 387 g/mol. The molecule has 1 aliphatic heterocycles. The fourth-order valence-electron chi connectivity index (χ4n) is 3.82. The average Bonchev–Trinajstić information content (AvgIpc) is 3.40. The number of hydrogen-bond donors (Lipinski definition) is 0. The van der Waals surface area contributed by atoms with Crippen LogP contribution < -0.4 is 0 Å². The molecule has 3 aromatic rings. The molecule has 2 atom stereocenters. The quantitative estimate of drug-likeness (QED) is 0.607. The van der Waals surface area contributed by atoms with Gasteiger partial charge in [0, 0.05) is 24.4 Å². The number of furan rings is 1. The molecule has 0 amide bonds. The maximum Gasteiger partial charge on any atom is 0.180 e. The van der Waals surface area contributed by atoms with Gasteiger partial charge in [0.05, 0.1) is 11.4 Å². The standard InChI is InChI=1S/C20H26N4O2S/c1-13(17-7-6-15(3)25-17)8-10-24-9-4-5-16(12-24)19-20(27-23-21-19)18-11-14(2)22-26-18/h6-7,11,13,16H,4-5,8-10,12H2,1-3H3. The predicted molar refractivity (Wildman–Crippen MR) is 105 cm³/mol. The van der Waals surface area contributed by atoms with Crippen molar-refractivity contribution < 1.29 is 8.94 Å². The third-order valence-corrected chi connectivity index (χ3v) is 6.14. The molecule has 0 bridgehead atoms. The topological polar surface area (TPSA) is 68.2 Å². The molecular weight excluding hydrogens is 360 g/mol. The summed E-state index contributed by atoms with van der Waals surface area (Å²) in [6.07, 6.45) is 3.43. The first-order valence-corrected chi connectivity index (χ1v) is 10.4. The molecule has 1 aliphatic rings. The van der Waals surface area contributed by atoms with Crippen molar-refractivity contribution >= 4 is 11.5 Å². The van der Waals surface area contributed by atoms with Crippen LogP contribution >= 0.6 is 11.5 Å². The van der Waals surface area contributed by atoms with E-state index in [4.69, 9.17) is 8.94 Å². The number of rotatable bonds is 6. The molecule has 6 nitrogen and oxygen atoms in total. The highest BCUT2D eigenvalue weighted by Gasteiger charge is 2.28. The number of aryl methyl sites for hydroxylation is 2. The second kappa shape index (κ2) is 7.94. The summed E-state index contributed by atoms with van der Waals surface area (Å²) in [7, 11) is 0. The van der Waals surface area contributed by atoms with Gasteiger partial charge in [-0.2, -0.15) is 0 Å². The van der Waals surface area contributed by atoms with Crippen LogP contribution in [0, 0.1) is 13.8 Å². The number of piperidine rings is 1. The van der Waals surface area contributed by atoms with E-state index in [1.54, 1.807) is 0 Å². The lowest BCUT2D eigenvalue weighted by molar-refractivity contribution is 0.198. The molecule has 0 aliphatic carbocycles. The lowest BCUT2D eigenvalue weighted by atomic mass is 9.93. The molecule has 1 saturated heterocycles. The fourth-order valence-corrected chi connectivity index (χ4v) is 4.52. The number of aromatic nitrogens is 3. The van der Waals surface area contributed by atoms with Gasteiger partial charge in [0.1, 0.15) is 16.4 Å². The third kappa shape index (κ3) is 4.14. The van der Waals surface area contributed by atoms with E-state index >= 15 is 0 Å². The van der Waals surface area contributed by atoms with Gasteiger partial charge in [0.2, 0.25) is 0 Å². The fraction of sp³-hybridized carbons (Fsp3) is 0.550. The van der Waals surface area contributed by atoms with Gasteiger partial charge in [-0.15, -0.1) is 5.10 Å². The van der Waals surface area contributed by atoms with Crippen molar-refractivity contribution in [3.8, 4) is 10.6 Å². The van der Waals surface area contributed by atoms with E-state index < -0.39 is 0 Å². The van der Waals surface area contributed by atoms with Crippen LogP contribution in [0.25, 0.3) is 10.6 Å². The third-order valence-electron chi connectivity index (χ3n) is 5.38. The smallest absolute Gasteiger partial charge is 0.180 e. The molecule has 1 fully saturated rings. The first-order chi connectivity index (χ1) is 13.1. The molecule has 0 aromatic carbocycles. The van der Waals surface area contributed by atoms with Crippen molar-refractivity contribution in [2.24, 2.45) is 0 Å². The van der Waals surface area contributed by atoms with Gasteiger partial charge >= 0.3 is 0 Å². The highest BCUT2D eigenvalue weighted by atomic mass is 32.1. The Morgan fingerprint density at radius 1 is 1.33 bits per heavy atom. The van der Waals surface area contributed by atoms with Crippen molar-refractivity contribution in [2.75, 3.05) is 19.6 Å². The van der Waals surface area contributed by atoms with Crippen molar-refractivity contribution in [1.29, 1.82) is 0 Å². The van der Waals surface area contributed by atoms with E-state index in [9.17, 15) is 0 Å². The van der Waals surface area contributed by atoms with Crippen molar-refractivity contribution in [3.63, 3.8) is 0 Å². The van der Waals surface area contributed by atoms with Crippen LogP contribution in [-0.2, 0) is 0 Å². The van der Waals surface area contributed by atoms with Crippen LogP contribution in [0.15, 0.2) is 27.1 Å². The number of nitrogens with zero attached hydrogens (tertiary/aromatic N) is 4. The lowest BCUT2D eigenvalue weighted by Gasteiger charge is -2.32. The Morgan fingerprint density at radius 2 is 2.22 bits per heavy atom. The van der Waals surface area contributed by atoms with Crippen LogP contribution in [0.5, 0.6) is 0 Å². The van der Waals surface area contributed by atoms with E-state index in [1.165, 1.54) is 18.0 Å².